The van der Waals surface area contributed by atoms with Crippen molar-refractivity contribution in [3.05, 3.63) is 63.6 Å². The summed E-state index contributed by atoms with van der Waals surface area (Å²) in [6.45, 7) is 0.940. The SMILES string of the molecule is O=C(/C=C/c1ccc(Cl)cc1)c1cc2c(cc1Cl)OCCO2. The second-order valence-electron chi connectivity index (χ2n) is 4.72. The highest BCUT2D eigenvalue weighted by Gasteiger charge is 2.17. The van der Waals surface area contributed by atoms with E-state index in [1.807, 2.05) is 12.1 Å². The third kappa shape index (κ3) is 3.26. The molecule has 3 rings (SSSR count). The minimum Gasteiger partial charge on any atom is -0.486 e. The van der Waals surface area contributed by atoms with E-state index in [0.29, 0.717) is 40.3 Å². The van der Waals surface area contributed by atoms with Gasteiger partial charge in [-0.2, -0.15) is 0 Å². The molecule has 0 bridgehead atoms. The number of halogens is 2. The maximum atomic E-state index is 12.3. The fraction of sp³-hybridized carbons (Fsp3) is 0.118. The third-order valence-corrected chi connectivity index (χ3v) is 3.76. The molecule has 5 heteroatoms. The molecule has 0 spiro atoms. The van der Waals surface area contributed by atoms with Crippen molar-refractivity contribution in [1.29, 1.82) is 0 Å². The van der Waals surface area contributed by atoms with E-state index in [0.717, 1.165) is 5.56 Å². The molecule has 0 unspecified atom stereocenters. The van der Waals surface area contributed by atoms with Gasteiger partial charge in [0.25, 0.3) is 0 Å². The number of allylic oxidation sites excluding steroid dienone is 1. The van der Waals surface area contributed by atoms with Crippen molar-refractivity contribution < 1.29 is 14.3 Å². The van der Waals surface area contributed by atoms with Gasteiger partial charge in [0.15, 0.2) is 17.3 Å². The van der Waals surface area contributed by atoms with Gasteiger partial charge in [-0.3, -0.25) is 4.79 Å². The molecule has 0 atom stereocenters. The number of hydrogen-bond acceptors (Lipinski definition) is 3. The third-order valence-electron chi connectivity index (χ3n) is 3.19. The first kappa shape index (κ1) is 14.9. The first-order valence-corrected chi connectivity index (χ1v) is 7.46. The minimum atomic E-state index is -0.197. The van der Waals surface area contributed by atoms with Crippen LogP contribution in [0.5, 0.6) is 11.5 Å². The van der Waals surface area contributed by atoms with Crippen molar-refractivity contribution in [2.45, 2.75) is 0 Å². The molecule has 1 aliphatic heterocycles. The molecular weight excluding hydrogens is 323 g/mol. The maximum Gasteiger partial charge on any atom is 0.187 e. The lowest BCUT2D eigenvalue weighted by atomic mass is 10.1. The topological polar surface area (TPSA) is 35.5 Å². The Balaban J connectivity index is 1.84. The van der Waals surface area contributed by atoms with Gasteiger partial charge in [0, 0.05) is 16.7 Å². The molecule has 1 aliphatic rings. The summed E-state index contributed by atoms with van der Waals surface area (Å²) in [5.41, 5.74) is 1.27. The van der Waals surface area contributed by atoms with Crippen LogP contribution < -0.4 is 9.47 Å². The van der Waals surface area contributed by atoms with Gasteiger partial charge >= 0.3 is 0 Å². The smallest absolute Gasteiger partial charge is 0.187 e. The van der Waals surface area contributed by atoms with Crippen molar-refractivity contribution in [1.82, 2.24) is 0 Å². The van der Waals surface area contributed by atoms with Crippen molar-refractivity contribution in [3.63, 3.8) is 0 Å². The van der Waals surface area contributed by atoms with Gasteiger partial charge in [0.2, 0.25) is 0 Å². The normalized spacial score (nSPS) is 13.4. The Bertz CT molecular complexity index is 736. The molecule has 112 valence electrons. The predicted molar refractivity (Wildman–Crippen MR) is 87.3 cm³/mol. The van der Waals surface area contributed by atoms with Crippen molar-refractivity contribution in [3.8, 4) is 11.5 Å². The maximum absolute atomic E-state index is 12.3. The van der Waals surface area contributed by atoms with E-state index in [9.17, 15) is 4.79 Å². The Morgan fingerprint density at radius 3 is 2.32 bits per heavy atom. The Hall–Kier alpha value is -1.97. The van der Waals surface area contributed by atoms with Crippen LogP contribution in [0.1, 0.15) is 15.9 Å². The molecule has 0 radical (unpaired) electrons. The van der Waals surface area contributed by atoms with Crippen LogP contribution in [0.3, 0.4) is 0 Å². The monoisotopic (exact) mass is 334 g/mol. The highest BCUT2D eigenvalue weighted by molar-refractivity contribution is 6.35. The molecule has 0 fully saturated rings. The fourth-order valence-electron chi connectivity index (χ4n) is 2.09. The predicted octanol–water partition coefficient (Wildman–Crippen LogP) is 4.66. The van der Waals surface area contributed by atoms with E-state index < -0.39 is 0 Å². The summed E-state index contributed by atoms with van der Waals surface area (Å²) in [6.07, 6.45) is 3.19. The number of carbonyl (C=O) groups is 1. The number of benzene rings is 2. The lowest BCUT2D eigenvalue weighted by Crippen LogP contribution is -2.16. The molecule has 3 nitrogen and oxygen atoms in total. The molecule has 0 saturated heterocycles. The van der Waals surface area contributed by atoms with Gasteiger partial charge in [-0.05, 0) is 29.8 Å². The number of fused-ring (bicyclic) bond motifs is 1. The summed E-state index contributed by atoms with van der Waals surface area (Å²) in [5, 5.41) is 0.994. The Labute approximate surface area is 138 Å². The molecule has 2 aromatic rings. The van der Waals surface area contributed by atoms with Crippen molar-refractivity contribution >= 4 is 35.1 Å². The average molecular weight is 335 g/mol. The van der Waals surface area contributed by atoms with Crippen LogP contribution >= 0.6 is 23.2 Å². The van der Waals surface area contributed by atoms with E-state index in [4.69, 9.17) is 32.7 Å². The van der Waals surface area contributed by atoms with Gasteiger partial charge in [-0.25, -0.2) is 0 Å². The van der Waals surface area contributed by atoms with Crippen LogP contribution in [-0.2, 0) is 0 Å². The zero-order valence-corrected chi connectivity index (χ0v) is 13.0. The van der Waals surface area contributed by atoms with Crippen molar-refractivity contribution in [2.75, 3.05) is 13.2 Å². The number of rotatable bonds is 3. The molecular formula is C17H12Cl2O3. The molecule has 22 heavy (non-hydrogen) atoms. The van der Waals surface area contributed by atoms with E-state index in [1.54, 1.807) is 30.3 Å². The van der Waals surface area contributed by atoms with Gasteiger partial charge in [0.05, 0.1) is 5.02 Å². The number of hydrogen-bond donors (Lipinski definition) is 0. The van der Waals surface area contributed by atoms with Gasteiger partial charge < -0.3 is 9.47 Å². The summed E-state index contributed by atoms with van der Waals surface area (Å²) < 4.78 is 10.9. The second kappa shape index (κ2) is 6.42. The lowest BCUT2D eigenvalue weighted by Gasteiger charge is -2.19. The first-order valence-electron chi connectivity index (χ1n) is 6.70. The van der Waals surface area contributed by atoms with Crippen LogP contribution in [0.15, 0.2) is 42.5 Å². The first-order chi connectivity index (χ1) is 10.6. The fourth-order valence-corrected chi connectivity index (χ4v) is 2.46. The number of carbonyl (C=O) groups excluding carboxylic acids is 1. The molecule has 0 N–H and O–H groups in total. The average Bonchev–Trinajstić information content (AvgIpc) is 2.53. The number of ether oxygens (including phenoxy) is 2. The summed E-state index contributed by atoms with van der Waals surface area (Å²) in [6, 6.07) is 10.4. The van der Waals surface area contributed by atoms with Crippen LogP contribution in [-0.4, -0.2) is 19.0 Å². The molecule has 0 aromatic heterocycles. The van der Waals surface area contributed by atoms with Crippen molar-refractivity contribution in [2.24, 2.45) is 0 Å². The second-order valence-corrected chi connectivity index (χ2v) is 5.57. The van der Waals surface area contributed by atoms with Crippen LogP contribution in [0.2, 0.25) is 10.0 Å². The number of ketones is 1. The van der Waals surface area contributed by atoms with E-state index in [2.05, 4.69) is 0 Å². The van der Waals surface area contributed by atoms with Gasteiger partial charge in [-0.1, -0.05) is 41.4 Å². The largest absolute Gasteiger partial charge is 0.486 e. The molecule has 0 aliphatic carbocycles. The van der Waals surface area contributed by atoms with Gasteiger partial charge in [0.1, 0.15) is 13.2 Å². The summed E-state index contributed by atoms with van der Waals surface area (Å²) >= 11 is 12.0. The van der Waals surface area contributed by atoms with E-state index in [1.165, 1.54) is 6.08 Å². The van der Waals surface area contributed by atoms with Crippen LogP contribution in [0, 0.1) is 0 Å². The molecule has 0 saturated carbocycles. The summed E-state index contributed by atoms with van der Waals surface area (Å²) in [7, 11) is 0. The molecule has 1 heterocycles. The highest BCUT2D eigenvalue weighted by Crippen LogP contribution is 2.35. The van der Waals surface area contributed by atoms with Crippen LogP contribution in [0.4, 0.5) is 0 Å². The summed E-state index contributed by atoms with van der Waals surface area (Å²) in [4.78, 5) is 12.3. The summed E-state index contributed by atoms with van der Waals surface area (Å²) in [5.74, 6) is 0.908. The van der Waals surface area contributed by atoms with Gasteiger partial charge in [-0.15, -0.1) is 0 Å². The van der Waals surface area contributed by atoms with Crippen LogP contribution in [0.25, 0.3) is 6.08 Å². The lowest BCUT2D eigenvalue weighted by molar-refractivity contribution is 0.104. The Morgan fingerprint density at radius 1 is 1.00 bits per heavy atom. The molecule has 2 aromatic carbocycles. The minimum absolute atomic E-state index is 0.197. The quantitative estimate of drug-likeness (QED) is 0.604. The highest BCUT2D eigenvalue weighted by atomic mass is 35.5. The zero-order chi connectivity index (χ0) is 15.5. The van der Waals surface area contributed by atoms with E-state index in [-0.39, 0.29) is 5.78 Å². The standard InChI is InChI=1S/C17H12Cl2O3/c18-12-4-1-11(2-5-12)3-6-15(20)13-9-16-17(10-14(13)19)22-8-7-21-16/h1-6,9-10H,7-8H2/b6-3+. The Kier molecular flexibility index (Phi) is 4.36. The zero-order valence-electron chi connectivity index (χ0n) is 11.5. The van der Waals surface area contributed by atoms with E-state index >= 15 is 0 Å². The molecule has 0 amide bonds. The Morgan fingerprint density at radius 2 is 1.64 bits per heavy atom.